The Balaban J connectivity index is 2.42. The first kappa shape index (κ1) is 11.9. The Hall–Kier alpha value is -1.55. The van der Waals surface area contributed by atoms with Crippen LogP contribution in [-0.4, -0.2) is 15.8 Å². The zero-order valence-corrected chi connectivity index (χ0v) is 9.59. The highest BCUT2D eigenvalue weighted by Crippen LogP contribution is 2.21. The molecule has 1 heterocycles. The van der Waals surface area contributed by atoms with Crippen LogP contribution in [-0.2, 0) is 6.42 Å². The Kier molecular flexibility index (Phi) is 3.64. The Morgan fingerprint density at radius 2 is 2.00 bits per heavy atom. The topological polar surface area (TPSA) is 25.8 Å². The number of rotatable bonds is 3. The molecule has 0 radical (unpaired) electrons. The van der Waals surface area contributed by atoms with E-state index in [1.165, 1.54) is 18.3 Å². The molecule has 1 aromatic carbocycles. The molecule has 0 saturated heterocycles. The minimum absolute atomic E-state index is 0.254. The molecule has 0 fully saturated rings. The van der Waals surface area contributed by atoms with Gasteiger partial charge >= 0.3 is 0 Å². The summed E-state index contributed by atoms with van der Waals surface area (Å²) in [6.07, 6.45) is 2.05. The Morgan fingerprint density at radius 3 is 2.71 bits per heavy atom. The summed E-state index contributed by atoms with van der Waals surface area (Å²) in [6.45, 7) is 0. The van der Waals surface area contributed by atoms with Gasteiger partial charge in [0.25, 0.3) is 0 Å². The average molecular weight is 255 g/mol. The number of hydrogen-bond donors (Lipinski definition) is 0. The second kappa shape index (κ2) is 5.19. The third-order valence-corrected chi connectivity index (χ3v) is 2.42. The van der Waals surface area contributed by atoms with Crippen LogP contribution in [0.15, 0.2) is 30.5 Å². The van der Waals surface area contributed by atoms with Crippen LogP contribution < -0.4 is 0 Å². The lowest BCUT2D eigenvalue weighted by molar-refractivity contribution is 0.585. The number of hydrogen-bond acceptors (Lipinski definition) is 2. The van der Waals surface area contributed by atoms with E-state index in [1.807, 2.05) is 0 Å². The molecule has 2 rings (SSSR count). The van der Waals surface area contributed by atoms with Crippen LogP contribution in [0.5, 0.6) is 0 Å². The highest BCUT2D eigenvalue weighted by atomic mass is 35.5. The van der Waals surface area contributed by atoms with E-state index in [1.54, 1.807) is 6.07 Å². The summed E-state index contributed by atoms with van der Waals surface area (Å²) in [5.74, 6) is -0.307. The first-order chi connectivity index (χ1) is 8.20. The molecule has 2 nitrogen and oxygen atoms in total. The van der Waals surface area contributed by atoms with Gasteiger partial charge in [-0.1, -0.05) is 0 Å². The molecule has 0 atom stereocenters. The van der Waals surface area contributed by atoms with E-state index in [0.717, 1.165) is 6.07 Å². The van der Waals surface area contributed by atoms with Crippen molar-refractivity contribution in [3.8, 4) is 11.3 Å². The zero-order chi connectivity index (χ0) is 12.3. The summed E-state index contributed by atoms with van der Waals surface area (Å²) in [7, 11) is 0. The zero-order valence-electron chi connectivity index (χ0n) is 8.83. The number of alkyl halides is 1. The fourth-order valence-corrected chi connectivity index (χ4v) is 1.62. The minimum Gasteiger partial charge on any atom is -0.241 e. The van der Waals surface area contributed by atoms with Crippen molar-refractivity contribution in [3.05, 3.63) is 47.9 Å². The Morgan fingerprint density at radius 1 is 1.18 bits per heavy atom. The fraction of sp³-hybridized carbons (Fsp3) is 0.167. The van der Waals surface area contributed by atoms with Gasteiger partial charge in [-0.25, -0.2) is 18.7 Å². The monoisotopic (exact) mass is 254 g/mol. The van der Waals surface area contributed by atoms with Crippen LogP contribution in [0.3, 0.4) is 0 Å². The SMILES string of the molecule is Fc1ccc(-c2ccnc(CCCl)n2)c(F)c1. The molecule has 88 valence electrons. The van der Waals surface area contributed by atoms with Crippen LogP contribution >= 0.6 is 11.6 Å². The van der Waals surface area contributed by atoms with Crippen LogP contribution in [0.25, 0.3) is 11.3 Å². The minimum atomic E-state index is -0.638. The van der Waals surface area contributed by atoms with Crippen molar-refractivity contribution in [1.29, 1.82) is 0 Å². The normalized spacial score (nSPS) is 10.5. The van der Waals surface area contributed by atoms with Crippen LogP contribution in [0.4, 0.5) is 8.78 Å². The smallest absolute Gasteiger partial charge is 0.135 e. The first-order valence-electron chi connectivity index (χ1n) is 5.04. The Labute approximate surface area is 102 Å². The second-order valence-corrected chi connectivity index (χ2v) is 3.80. The molecule has 2 aromatic rings. The lowest BCUT2D eigenvalue weighted by Crippen LogP contribution is -1.98. The molecule has 0 aliphatic rings. The van der Waals surface area contributed by atoms with E-state index in [0.29, 0.717) is 23.8 Å². The molecule has 0 aliphatic carbocycles. The maximum absolute atomic E-state index is 13.5. The number of aryl methyl sites for hydroxylation is 1. The van der Waals surface area contributed by atoms with Gasteiger partial charge in [0.15, 0.2) is 0 Å². The van der Waals surface area contributed by atoms with E-state index in [9.17, 15) is 8.78 Å². The van der Waals surface area contributed by atoms with Gasteiger partial charge in [-0.05, 0) is 18.2 Å². The van der Waals surface area contributed by atoms with Crippen molar-refractivity contribution in [1.82, 2.24) is 9.97 Å². The summed E-state index contributed by atoms with van der Waals surface area (Å²) >= 11 is 5.58. The molecule has 17 heavy (non-hydrogen) atoms. The molecule has 1 aromatic heterocycles. The number of nitrogens with zero attached hydrogens (tertiary/aromatic N) is 2. The molecule has 5 heteroatoms. The molecule has 0 saturated carbocycles. The van der Waals surface area contributed by atoms with Gasteiger partial charge in [0.05, 0.1) is 5.69 Å². The van der Waals surface area contributed by atoms with E-state index in [-0.39, 0.29) is 5.56 Å². The fourth-order valence-electron chi connectivity index (χ4n) is 1.45. The number of benzene rings is 1. The van der Waals surface area contributed by atoms with Gasteiger partial charge in [0, 0.05) is 30.1 Å². The molecule has 0 aliphatic heterocycles. The van der Waals surface area contributed by atoms with Crippen molar-refractivity contribution in [2.45, 2.75) is 6.42 Å². The standard InChI is InChI=1S/C12H9ClF2N2/c13-5-3-12-16-6-4-11(17-12)9-2-1-8(14)7-10(9)15/h1-2,4,6-7H,3,5H2. The predicted octanol–water partition coefficient (Wildman–Crippen LogP) is 3.20. The van der Waals surface area contributed by atoms with Crippen LogP contribution in [0.1, 0.15) is 5.82 Å². The van der Waals surface area contributed by atoms with Crippen molar-refractivity contribution < 1.29 is 8.78 Å². The third-order valence-electron chi connectivity index (χ3n) is 2.23. The summed E-state index contributed by atoms with van der Waals surface area (Å²) in [4.78, 5) is 8.18. The third kappa shape index (κ3) is 2.77. The molecule has 0 N–H and O–H groups in total. The molecule has 0 bridgehead atoms. The van der Waals surface area contributed by atoms with E-state index in [4.69, 9.17) is 11.6 Å². The van der Waals surface area contributed by atoms with E-state index < -0.39 is 11.6 Å². The average Bonchev–Trinajstić information content (AvgIpc) is 2.29. The summed E-state index contributed by atoms with van der Waals surface area (Å²) in [5, 5.41) is 0. The maximum Gasteiger partial charge on any atom is 0.135 e. The molecular formula is C12H9ClF2N2. The van der Waals surface area contributed by atoms with Gasteiger partial charge in [0.1, 0.15) is 17.5 Å². The lowest BCUT2D eigenvalue weighted by atomic mass is 10.1. The predicted molar refractivity (Wildman–Crippen MR) is 61.8 cm³/mol. The highest BCUT2D eigenvalue weighted by Gasteiger charge is 2.08. The van der Waals surface area contributed by atoms with Crippen molar-refractivity contribution >= 4 is 11.6 Å². The molecular weight excluding hydrogens is 246 g/mol. The summed E-state index contributed by atoms with van der Waals surface area (Å²) < 4.78 is 26.3. The molecule has 0 unspecified atom stereocenters. The van der Waals surface area contributed by atoms with Gasteiger partial charge in [-0.15, -0.1) is 11.6 Å². The maximum atomic E-state index is 13.5. The number of aromatic nitrogens is 2. The quantitative estimate of drug-likeness (QED) is 0.786. The van der Waals surface area contributed by atoms with Crippen molar-refractivity contribution in [3.63, 3.8) is 0 Å². The summed E-state index contributed by atoms with van der Waals surface area (Å²) in [6, 6.07) is 4.96. The largest absolute Gasteiger partial charge is 0.241 e. The van der Waals surface area contributed by atoms with Crippen molar-refractivity contribution in [2.24, 2.45) is 0 Å². The van der Waals surface area contributed by atoms with Crippen LogP contribution in [0.2, 0.25) is 0 Å². The Bertz CT molecular complexity index is 532. The number of halogens is 3. The lowest BCUT2D eigenvalue weighted by Gasteiger charge is -2.04. The highest BCUT2D eigenvalue weighted by molar-refractivity contribution is 6.17. The van der Waals surface area contributed by atoms with Gasteiger partial charge in [-0.2, -0.15) is 0 Å². The van der Waals surface area contributed by atoms with Gasteiger partial charge in [-0.3, -0.25) is 0 Å². The van der Waals surface area contributed by atoms with Crippen molar-refractivity contribution in [2.75, 3.05) is 5.88 Å². The van der Waals surface area contributed by atoms with E-state index >= 15 is 0 Å². The second-order valence-electron chi connectivity index (χ2n) is 3.42. The first-order valence-corrected chi connectivity index (χ1v) is 5.57. The summed E-state index contributed by atoms with van der Waals surface area (Å²) in [5.41, 5.74) is 0.683. The van der Waals surface area contributed by atoms with E-state index in [2.05, 4.69) is 9.97 Å². The van der Waals surface area contributed by atoms with Gasteiger partial charge < -0.3 is 0 Å². The molecule has 0 amide bonds. The van der Waals surface area contributed by atoms with Gasteiger partial charge in [0.2, 0.25) is 0 Å². The molecule has 0 spiro atoms. The van der Waals surface area contributed by atoms with Crippen LogP contribution in [0, 0.1) is 11.6 Å².